The first-order valence-corrected chi connectivity index (χ1v) is 12.9. The largest absolute Gasteiger partial charge is 0.466 e. The number of nitrogens with zero attached hydrogens (tertiary/aromatic N) is 2. The number of esters is 1. The third-order valence-corrected chi connectivity index (χ3v) is 8.09. The number of ether oxygens (including phenoxy) is 2. The molecule has 3 fully saturated rings. The molecule has 0 aromatic carbocycles. The molecule has 2 bridgehead atoms. The molecular weight excluding hydrogens is 436 g/mol. The van der Waals surface area contributed by atoms with E-state index in [1.807, 2.05) is 13.8 Å². The standard InChI is InChI=1S/C26H42N2O6/c1-6-9-10-14-27(13-7-2)23(31)21-26-17-18(4)25(5,34-26)20(24(32)33-8-3)19(26)22(30)28(21)15-11-12-16-29/h7,18-21,29H,2,6,8-17H2,1,3-5H3/t18?,19-,20+,21?,25-,26?/m0/s1. The summed E-state index contributed by atoms with van der Waals surface area (Å²) in [6.07, 6.45) is 6.28. The molecule has 6 atom stereocenters. The van der Waals surface area contributed by atoms with E-state index >= 15 is 0 Å². The Balaban J connectivity index is 2.03. The number of aliphatic hydroxyl groups excluding tert-OH is 1. The minimum Gasteiger partial charge on any atom is -0.466 e. The SMILES string of the molecule is C=CCN(CCCCC)C(=O)C1N(CCCCO)C(=O)[C@@H]2[C@H](C(=O)OCC)[C@@]3(C)OC12CC3C. The zero-order chi connectivity index (χ0) is 25.1. The van der Waals surface area contributed by atoms with Crippen LogP contribution < -0.4 is 0 Å². The maximum absolute atomic E-state index is 14.1. The first kappa shape index (κ1) is 26.7. The average Bonchev–Trinajstić information content (AvgIpc) is 3.30. The fourth-order valence-electron chi connectivity index (χ4n) is 6.42. The van der Waals surface area contributed by atoms with E-state index < -0.39 is 35.0 Å². The molecule has 1 spiro atoms. The summed E-state index contributed by atoms with van der Waals surface area (Å²) in [5.74, 6) is -2.27. The quantitative estimate of drug-likeness (QED) is 0.248. The van der Waals surface area contributed by atoms with Gasteiger partial charge in [0, 0.05) is 26.2 Å². The normalized spacial score (nSPS) is 33.8. The summed E-state index contributed by atoms with van der Waals surface area (Å²) in [5.41, 5.74) is -1.91. The van der Waals surface area contributed by atoms with Crippen molar-refractivity contribution < 1.29 is 29.0 Å². The van der Waals surface area contributed by atoms with Crippen LogP contribution in [0.5, 0.6) is 0 Å². The van der Waals surface area contributed by atoms with E-state index in [4.69, 9.17) is 9.47 Å². The molecule has 0 aromatic rings. The molecule has 1 N–H and O–H groups in total. The Morgan fingerprint density at radius 3 is 2.65 bits per heavy atom. The number of aliphatic hydroxyl groups is 1. The van der Waals surface area contributed by atoms with Crippen molar-refractivity contribution in [1.29, 1.82) is 0 Å². The van der Waals surface area contributed by atoms with Crippen molar-refractivity contribution in [2.75, 3.05) is 32.8 Å². The number of carbonyl (C=O) groups excluding carboxylic acids is 3. The van der Waals surface area contributed by atoms with Gasteiger partial charge in [-0.1, -0.05) is 32.8 Å². The van der Waals surface area contributed by atoms with Crippen LogP contribution >= 0.6 is 0 Å². The highest BCUT2D eigenvalue weighted by Crippen LogP contribution is 2.65. The predicted octanol–water partition coefficient (Wildman–Crippen LogP) is 2.54. The zero-order valence-corrected chi connectivity index (χ0v) is 21.3. The van der Waals surface area contributed by atoms with Gasteiger partial charge in [0.05, 0.1) is 18.1 Å². The molecule has 3 aliphatic heterocycles. The lowest BCUT2D eigenvalue weighted by Gasteiger charge is -2.37. The lowest BCUT2D eigenvalue weighted by atomic mass is 9.62. The Hall–Kier alpha value is -1.93. The molecule has 3 unspecified atom stereocenters. The van der Waals surface area contributed by atoms with Crippen molar-refractivity contribution in [3.63, 3.8) is 0 Å². The van der Waals surface area contributed by atoms with Crippen molar-refractivity contribution in [2.45, 2.75) is 83.5 Å². The third kappa shape index (κ3) is 4.28. The minimum atomic E-state index is -1.05. The number of likely N-dealkylation sites (tertiary alicyclic amines) is 1. The molecular formula is C26H42N2O6. The average molecular weight is 479 g/mol. The molecule has 8 nitrogen and oxygen atoms in total. The van der Waals surface area contributed by atoms with E-state index in [9.17, 15) is 19.5 Å². The lowest BCUT2D eigenvalue weighted by Crippen LogP contribution is -2.56. The number of unbranched alkanes of at least 4 members (excludes halogenated alkanes) is 3. The van der Waals surface area contributed by atoms with Crippen LogP contribution in [0.25, 0.3) is 0 Å². The van der Waals surface area contributed by atoms with Crippen LogP contribution in [0.1, 0.15) is 66.2 Å². The Bertz CT molecular complexity index is 787. The number of hydrogen-bond donors (Lipinski definition) is 1. The van der Waals surface area contributed by atoms with Crippen LogP contribution in [-0.4, -0.2) is 82.8 Å². The van der Waals surface area contributed by atoms with Crippen molar-refractivity contribution in [2.24, 2.45) is 17.8 Å². The lowest BCUT2D eigenvalue weighted by molar-refractivity contribution is -0.161. The number of fused-ring (bicyclic) bond motifs is 1. The van der Waals surface area contributed by atoms with Gasteiger partial charge < -0.3 is 24.4 Å². The van der Waals surface area contributed by atoms with Gasteiger partial charge in [-0.05, 0) is 45.4 Å². The number of hydrogen-bond acceptors (Lipinski definition) is 6. The van der Waals surface area contributed by atoms with Crippen molar-refractivity contribution in [3.05, 3.63) is 12.7 Å². The summed E-state index contributed by atoms with van der Waals surface area (Å²) < 4.78 is 12.1. The number of amides is 2. The van der Waals surface area contributed by atoms with Crippen LogP contribution in [-0.2, 0) is 23.9 Å². The van der Waals surface area contributed by atoms with Crippen LogP contribution in [0.4, 0.5) is 0 Å². The molecule has 3 heterocycles. The highest BCUT2D eigenvalue weighted by molar-refractivity contribution is 5.98. The monoisotopic (exact) mass is 478 g/mol. The predicted molar refractivity (Wildman–Crippen MR) is 128 cm³/mol. The van der Waals surface area contributed by atoms with Gasteiger partial charge in [-0.3, -0.25) is 14.4 Å². The van der Waals surface area contributed by atoms with Crippen LogP contribution in [0.15, 0.2) is 12.7 Å². The van der Waals surface area contributed by atoms with Gasteiger partial charge >= 0.3 is 5.97 Å². The minimum absolute atomic E-state index is 0.00778. The molecule has 0 aromatic heterocycles. The smallest absolute Gasteiger partial charge is 0.312 e. The summed E-state index contributed by atoms with van der Waals surface area (Å²) in [4.78, 5) is 44.5. The van der Waals surface area contributed by atoms with Gasteiger partial charge in [-0.2, -0.15) is 0 Å². The Labute approximate surface area is 203 Å². The van der Waals surface area contributed by atoms with Gasteiger partial charge in [0.1, 0.15) is 17.6 Å². The molecule has 0 saturated carbocycles. The summed E-state index contributed by atoms with van der Waals surface area (Å²) in [7, 11) is 0. The fourth-order valence-corrected chi connectivity index (χ4v) is 6.42. The van der Waals surface area contributed by atoms with Crippen molar-refractivity contribution in [1.82, 2.24) is 9.80 Å². The van der Waals surface area contributed by atoms with E-state index in [-0.39, 0.29) is 30.9 Å². The van der Waals surface area contributed by atoms with Crippen molar-refractivity contribution in [3.8, 4) is 0 Å². The molecule has 192 valence electrons. The molecule has 0 radical (unpaired) electrons. The Kier molecular flexibility index (Phi) is 8.45. The van der Waals surface area contributed by atoms with E-state index in [2.05, 4.69) is 13.5 Å². The maximum atomic E-state index is 14.1. The first-order chi connectivity index (χ1) is 16.2. The molecule has 34 heavy (non-hydrogen) atoms. The highest BCUT2D eigenvalue weighted by atomic mass is 16.6. The second-order valence-electron chi connectivity index (χ2n) is 10.2. The van der Waals surface area contributed by atoms with Gasteiger partial charge in [0.15, 0.2) is 0 Å². The summed E-state index contributed by atoms with van der Waals surface area (Å²) in [5, 5.41) is 9.29. The summed E-state index contributed by atoms with van der Waals surface area (Å²) in [6.45, 7) is 13.2. The molecule has 0 aliphatic carbocycles. The van der Waals surface area contributed by atoms with Gasteiger partial charge in [-0.25, -0.2) is 0 Å². The van der Waals surface area contributed by atoms with E-state index in [0.29, 0.717) is 38.9 Å². The topological polar surface area (TPSA) is 96.4 Å². The van der Waals surface area contributed by atoms with Gasteiger partial charge in [-0.15, -0.1) is 6.58 Å². The highest BCUT2D eigenvalue weighted by Gasteiger charge is 2.80. The van der Waals surface area contributed by atoms with Crippen LogP contribution in [0.3, 0.4) is 0 Å². The third-order valence-electron chi connectivity index (χ3n) is 8.09. The molecule has 2 amide bonds. The van der Waals surface area contributed by atoms with Crippen LogP contribution in [0, 0.1) is 17.8 Å². The van der Waals surface area contributed by atoms with Crippen LogP contribution in [0.2, 0.25) is 0 Å². The zero-order valence-electron chi connectivity index (χ0n) is 21.3. The summed E-state index contributed by atoms with van der Waals surface area (Å²) >= 11 is 0. The van der Waals surface area contributed by atoms with Gasteiger partial charge in [0.25, 0.3) is 0 Å². The Morgan fingerprint density at radius 2 is 2.03 bits per heavy atom. The Morgan fingerprint density at radius 1 is 1.29 bits per heavy atom. The number of rotatable bonds is 13. The van der Waals surface area contributed by atoms with E-state index in [1.165, 1.54) is 0 Å². The second kappa shape index (κ2) is 10.8. The molecule has 8 heteroatoms. The molecule has 3 saturated heterocycles. The van der Waals surface area contributed by atoms with E-state index in [0.717, 1.165) is 19.3 Å². The summed E-state index contributed by atoms with van der Waals surface area (Å²) in [6, 6.07) is -0.797. The maximum Gasteiger partial charge on any atom is 0.312 e. The second-order valence-corrected chi connectivity index (χ2v) is 10.2. The first-order valence-electron chi connectivity index (χ1n) is 12.9. The fraction of sp³-hybridized carbons (Fsp3) is 0.808. The molecule has 3 rings (SSSR count). The number of carbonyl (C=O) groups is 3. The van der Waals surface area contributed by atoms with Crippen molar-refractivity contribution >= 4 is 17.8 Å². The molecule has 3 aliphatic rings. The van der Waals surface area contributed by atoms with E-state index in [1.54, 1.807) is 22.8 Å². The van der Waals surface area contributed by atoms with Gasteiger partial charge in [0.2, 0.25) is 11.8 Å².